The molecule has 1 unspecified atom stereocenters. The third-order valence-electron chi connectivity index (χ3n) is 3.02. The van der Waals surface area contributed by atoms with Gasteiger partial charge in [-0.1, -0.05) is 20.3 Å². The lowest BCUT2D eigenvalue weighted by Crippen LogP contribution is -2.46. The van der Waals surface area contributed by atoms with E-state index in [1.807, 2.05) is 0 Å². The molecule has 0 aliphatic rings. The van der Waals surface area contributed by atoms with E-state index in [1.54, 1.807) is 13.8 Å². The molecular formula is C13H15BrF2N2O3. The van der Waals surface area contributed by atoms with E-state index in [-0.39, 0.29) is 16.1 Å². The Kier molecular flexibility index (Phi) is 6.07. The summed E-state index contributed by atoms with van der Waals surface area (Å²) in [5, 5.41) is 13.4. The molecule has 0 aromatic heterocycles. The smallest absolute Gasteiger partial charge is 0.326 e. The minimum atomic E-state index is -1.19. The first-order chi connectivity index (χ1) is 9.76. The van der Waals surface area contributed by atoms with E-state index in [0.717, 1.165) is 12.1 Å². The van der Waals surface area contributed by atoms with Crippen molar-refractivity contribution < 1.29 is 23.5 Å². The van der Waals surface area contributed by atoms with Gasteiger partial charge in [-0.25, -0.2) is 18.4 Å². The van der Waals surface area contributed by atoms with Crippen molar-refractivity contribution in [1.29, 1.82) is 0 Å². The van der Waals surface area contributed by atoms with Gasteiger partial charge in [0.15, 0.2) is 0 Å². The fourth-order valence-electron chi connectivity index (χ4n) is 1.60. The molecule has 0 aliphatic carbocycles. The monoisotopic (exact) mass is 364 g/mol. The van der Waals surface area contributed by atoms with Crippen LogP contribution in [0.4, 0.5) is 19.3 Å². The van der Waals surface area contributed by atoms with E-state index >= 15 is 0 Å². The van der Waals surface area contributed by atoms with E-state index in [4.69, 9.17) is 5.11 Å². The minimum Gasteiger partial charge on any atom is -0.480 e. The first-order valence-corrected chi connectivity index (χ1v) is 7.00. The lowest BCUT2D eigenvalue weighted by Gasteiger charge is -2.20. The Balaban J connectivity index is 2.81. The van der Waals surface area contributed by atoms with Gasteiger partial charge in [-0.3, -0.25) is 0 Å². The molecule has 5 nitrogen and oxygen atoms in total. The minimum absolute atomic E-state index is 0.0750. The average molecular weight is 365 g/mol. The van der Waals surface area contributed by atoms with Crippen LogP contribution in [0.15, 0.2) is 16.6 Å². The van der Waals surface area contributed by atoms with Crippen LogP contribution in [0, 0.1) is 17.6 Å². The Hall–Kier alpha value is -1.70. The first kappa shape index (κ1) is 17.4. The number of nitrogens with one attached hydrogen (secondary N) is 2. The van der Waals surface area contributed by atoms with Crippen molar-refractivity contribution in [1.82, 2.24) is 5.32 Å². The van der Waals surface area contributed by atoms with E-state index in [1.165, 1.54) is 0 Å². The topological polar surface area (TPSA) is 78.4 Å². The van der Waals surface area contributed by atoms with Crippen molar-refractivity contribution in [3.8, 4) is 0 Å². The number of halogens is 3. The van der Waals surface area contributed by atoms with Gasteiger partial charge >= 0.3 is 12.0 Å². The van der Waals surface area contributed by atoms with Gasteiger partial charge in [-0.2, -0.15) is 0 Å². The Bertz CT molecular complexity index is 554. The van der Waals surface area contributed by atoms with Crippen molar-refractivity contribution >= 4 is 33.6 Å². The third kappa shape index (κ3) is 4.66. The molecule has 21 heavy (non-hydrogen) atoms. The molecule has 8 heteroatoms. The quantitative estimate of drug-likeness (QED) is 0.701. The number of anilines is 1. The van der Waals surface area contributed by atoms with E-state index in [0.29, 0.717) is 6.42 Å². The van der Waals surface area contributed by atoms with Crippen LogP contribution in [0.3, 0.4) is 0 Å². The molecule has 3 N–H and O–H groups in total. The van der Waals surface area contributed by atoms with Gasteiger partial charge in [0.2, 0.25) is 0 Å². The molecule has 116 valence electrons. The highest BCUT2D eigenvalue weighted by molar-refractivity contribution is 9.10. The zero-order chi connectivity index (χ0) is 16.2. The summed E-state index contributed by atoms with van der Waals surface area (Å²) in [5.74, 6) is -3.08. The number of aliphatic carboxylic acids is 1. The molecule has 1 rings (SSSR count). The number of carbonyl (C=O) groups is 2. The molecule has 0 saturated carbocycles. The summed E-state index contributed by atoms with van der Waals surface area (Å²) in [5.41, 5.74) is -0.374. The Morgan fingerprint density at radius 2 is 1.95 bits per heavy atom. The fraction of sp³-hybridized carbons (Fsp3) is 0.385. The summed E-state index contributed by atoms with van der Waals surface area (Å²) in [7, 11) is 0. The predicted octanol–water partition coefficient (Wildman–Crippen LogP) is 3.35. The zero-order valence-corrected chi connectivity index (χ0v) is 13.0. The number of hydrogen-bond acceptors (Lipinski definition) is 2. The molecule has 0 aliphatic heterocycles. The summed E-state index contributed by atoms with van der Waals surface area (Å²) < 4.78 is 26.8. The second-order valence-electron chi connectivity index (χ2n) is 4.55. The predicted molar refractivity (Wildman–Crippen MR) is 77.1 cm³/mol. The Morgan fingerprint density at radius 3 is 2.48 bits per heavy atom. The van der Waals surface area contributed by atoms with Crippen LogP contribution in [-0.2, 0) is 4.79 Å². The summed E-state index contributed by atoms with van der Waals surface area (Å²) in [6.45, 7) is 3.45. The summed E-state index contributed by atoms with van der Waals surface area (Å²) in [6.07, 6.45) is 0.540. The molecule has 2 amide bonds. The maximum atomic E-state index is 13.6. The van der Waals surface area contributed by atoms with Crippen molar-refractivity contribution in [2.75, 3.05) is 5.32 Å². The fourth-order valence-corrected chi connectivity index (χ4v) is 1.92. The second kappa shape index (κ2) is 7.35. The van der Waals surface area contributed by atoms with Crippen molar-refractivity contribution in [2.45, 2.75) is 26.3 Å². The molecular weight excluding hydrogens is 350 g/mol. The largest absolute Gasteiger partial charge is 0.480 e. The Labute approximate surface area is 128 Å². The normalized spacial score (nSPS) is 13.4. The molecule has 0 heterocycles. The first-order valence-electron chi connectivity index (χ1n) is 6.21. The highest BCUT2D eigenvalue weighted by Gasteiger charge is 2.25. The second-order valence-corrected chi connectivity index (χ2v) is 5.40. The molecule has 1 aromatic rings. The number of amides is 2. The number of benzene rings is 1. The zero-order valence-electron chi connectivity index (χ0n) is 11.4. The lowest BCUT2D eigenvalue weighted by atomic mass is 9.99. The maximum Gasteiger partial charge on any atom is 0.326 e. The van der Waals surface area contributed by atoms with Crippen molar-refractivity contribution in [3.05, 3.63) is 28.2 Å². The molecule has 1 aromatic carbocycles. The summed E-state index contributed by atoms with van der Waals surface area (Å²) in [6, 6.07) is -0.353. The summed E-state index contributed by atoms with van der Waals surface area (Å²) in [4.78, 5) is 22.8. The van der Waals surface area contributed by atoms with Crippen LogP contribution in [-0.4, -0.2) is 23.1 Å². The molecule has 0 bridgehead atoms. The van der Waals surface area contributed by atoms with E-state index in [9.17, 15) is 18.4 Å². The number of carboxylic acids is 1. The van der Waals surface area contributed by atoms with Crippen molar-refractivity contribution in [2.24, 2.45) is 5.92 Å². The van der Waals surface area contributed by atoms with Gasteiger partial charge in [-0.15, -0.1) is 0 Å². The van der Waals surface area contributed by atoms with Crippen LogP contribution >= 0.6 is 15.9 Å². The van der Waals surface area contributed by atoms with Gasteiger partial charge in [-0.05, 0) is 27.9 Å². The maximum absolute atomic E-state index is 13.6. The number of rotatable bonds is 5. The van der Waals surface area contributed by atoms with Crippen LogP contribution in [0.1, 0.15) is 20.3 Å². The number of carboxylic acid groups (broad SMARTS) is 1. The van der Waals surface area contributed by atoms with Gasteiger partial charge in [0.25, 0.3) is 0 Å². The van der Waals surface area contributed by atoms with Crippen molar-refractivity contribution in [3.63, 3.8) is 0 Å². The number of urea groups is 1. The molecule has 0 fully saturated rings. The SMILES string of the molecule is CCC(C)[C@H](NC(=O)Nc1cc(F)c(Br)cc1F)C(=O)O. The van der Waals surface area contributed by atoms with E-state index < -0.39 is 29.7 Å². The third-order valence-corrected chi connectivity index (χ3v) is 3.63. The van der Waals surface area contributed by atoms with Gasteiger partial charge in [0.1, 0.15) is 17.7 Å². The molecule has 2 atom stereocenters. The van der Waals surface area contributed by atoms with Crippen LogP contribution in [0.25, 0.3) is 0 Å². The van der Waals surface area contributed by atoms with Crippen LogP contribution in [0.5, 0.6) is 0 Å². The highest BCUT2D eigenvalue weighted by Crippen LogP contribution is 2.23. The lowest BCUT2D eigenvalue weighted by molar-refractivity contribution is -0.140. The molecule has 0 spiro atoms. The number of carbonyl (C=O) groups excluding carboxylic acids is 1. The van der Waals surface area contributed by atoms with Gasteiger partial charge in [0, 0.05) is 6.07 Å². The Morgan fingerprint density at radius 1 is 1.33 bits per heavy atom. The van der Waals surface area contributed by atoms with Gasteiger partial charge < -0.3 is 15.7 Å². The standard InChI is InChI=1S/C13H15BrF2N2O3/c1-3-6(2)11(12(19)20)18-13(21)17-10-5-8(15)7(14)4-9(10)16/h4-6,11H,3H2,1-2H3,(H,19,20)(H2,17,18,21)/t6?,11-/m0/s1. The number of hydrogen-bond donors (Lipinski definition) is 3. The van der Waals surface area contributed by atoms with Crippen LogP contribution < -0.4 is 10.6 Å². The van der Waals surface area contributed by atoms with E-state index in [2.05, 4.69) is 26.6 Å². The highest BCUT2D eigenvalue weighted by atomic mass is 79.9. The molecule has 0 saturated heterocycles. The summed E-state index contributed by atoms with van der Waals surface area (Å²) >= 11 is 2.81. The van der Waals surface area contributed by atoms with Gasteiger partial charge in [0.05, 0.1) is 10.2 Å². The molecule has 0 radical (unpaired) electrons. The van der Waals surface area contributed by atoms with Crippen LogP contribution in [0.2, 0.25) is 0 Å². The average Bonchev–Trinajstić information content (AvgIpc) is 2.41.